The summed E-state index contributed by atoms with van der Waals surface area (Å²) >= 11 is 2.76. The van der Waals surface area contributed by atoms with Crippen LogP contribution in [-0.4, -0.2) is 28.1 Å². The fourth-order valence-electron chi connectivity index (χ4n) is 1.44. The van der Waals surface area contributed by atoms with Crippen molar-refractivity contribution in [2.24, 2.45) is 0 Å². The summed E-state index contributed by atoms with van der Waals surface area (Å²) in [6.45, 7) is 1.65. The van der Waals surface area contributed by atoms with Gasteiger partial charge in [-0.1, -0.05) is 5.16 Å². The first-order chi connectivity index (χ1) is 9.60. The fraction of sp³-hybridized carbons (Fsp3) is 0.333. The minimum Gasteiger partial charge on any atom is -0.342 e. The summed E-state index contributed by atoms with van der Waals surface area (Å²) in [6.07, 6.45) is 1.95. The van der Waals surface area contributed by atoms with Crippen molar-refractivity contribution in [3.8, 4) is 0 Å². The lowest BCUT2D eigenvalue weighted by Gasteiger charge is -1.98. The number of hydrogen-bond acceptors (Lipinski definition) is 7. The number of carbonyl (C=O) groups excluding carboxylic acids is 2. The molecular weight excluding hydrogens is 298 g/mol. The van der Waals surface area contributed by atoms with Gasteiger partial charge in [-0.3, -0.25) is 9.59 Å². The Morgan fingerprint density at radius 3 is 2.80 bits per heavy atom. The zero-order valence-electron chi connectivity index (χ0n) is 11.0. The van der Waals surface area contributed by atoms with E-state index in [9.17, 15) is 9.59 Å². The molecule has 0 bridgehead atoms. The molecule has 106 valence electrons. The fourth-order valence-corrected chi connectivity index (χ4v) is 2.63. The van der Waals surface area contributed by atoms with Gasteiger partial charge in [0.1, 0.15) is 0 Å². The van der Waals surface area contributed by atoms with E-state index in [0.717, 1.165) is 0 Å². The summed E-state index contributed by atoms with van der Waals surface area (Å²) in [7, 11) is 0. The average molecular weight is 311 g/mol. The molecule has 0 unspecified atom stereocenters. The van der Waals surface area contributed by atoms with Crippen LogP contribution in [0, 0.1) is 0 Å². The summed E-state index contributed by atoms with van der Waals surface area (Å²) in [5.74, 6) is 1.34. The number of carbonyl (C=O) groups is 2. The molecule has 0 aromatic carbocycles. The van der Waals surface area contributed by atoms with Gasteiger partial charge in [-0.15, -0.1) is 11.3 Å². The second-order valence-electron chi connectivity index (χ2n) is 3.94. The molecule has 0 saturated heterocycles. The van der Waals surface area contributed by atoms with Crippen molar-refractivity contribution in [1.29, 1.82) is 0 Å². The summed E-state index contributed by atoms with van der Waals surface area (Å²) in [6, 6.07) is 3.27. The first kappa shape index (κ1) is 14.7. The Morgan fingerprint density at radius 1 is 1.40 bits per heavy atom. The number of Topliss-reactive ketones (excluding diaryl/α,β-unsaturated/α-hetero) is 1. The van der Waals surface area contributed by atoms with E-state index in [4.69, 9.17) is 4.52 Å². The molecule has 0 aliphatic carbocycles. The maximum atomic E-state index is 11.9. The number of hydrogen-bond donors (Lipinski definition) is 1. The number of rotatable bonds is 6. The Bertz CT molecular complexity index is 621. The standard InChI is InChI=1S/C12H13N3O3S2/c1-7(16)8-3-4-9(20-8)12(17)13-5-11-14-10(6-19-2)15-18-11/h3-4H,5-6H2,1-2H3,(H,13,17). The van der Waals surface area contributed by atoms with Crippen LogP contribution >= 0.6 is 23.1 Å². The van der Waals surface area contributed by atoms with E-state index in [0.29, 0.717) is 27.2 Å². The van der Waals surface area contributed by atoms with Crippen molar-refractivity contribution >= 4 is 34.8 Å². The van der Waals surface area contributed by atoms with Crippen molar-refractivity contribution in [3.63, 3.8) is 0 Å². The molecule has 0 fully saturated rings. The number of nitrogens with one attached hydrogen (secondary N) is 1. The van der Waals surface area contributed by atoms with Crippen LogP contribution in [0.1, 0.15) is 38.0 Å². The number of thioether (sulfide) groups is 1. The van der Waals surface area contributed by atoms with E-state index in [1.807, 2.05) is 6.26 Å². The monoisotopic (exact) mass is 311 g/mol. The predicted molar refractivity (Wildman–Crippen MR) is 77.0 cm³/mol. The Hall–Kier alpha value is -1.67. The maximum absolute atomic E-state index is 11.9. The molecule has 0 aliphatic rings. The van der Waals surface area contributed by atoms with Gasteiger partial charge in [0.05, 0.1) is 22.1 Å². The molecule has 2 rings (SSSR count). The van der Waals surface area contributed by atoms with Crippen LogP contribution in [0.4, 0.5) is 0 Å². The van der Waals surface area contributed by atoms with Crippen molar-refractivity contribution in [3.05, 3.63) is 33.6 Å². The zero-order valence-corrected chi connectivity index (χ0v) is 12.6. The highest BCUT2D eigenvalue weighted by atomic mass is 32.2. The molecule has 1 amide bonds. The summed E-state index contributed by atoms with van der Waals surface area (Å²) in [4.78, 5) is 28.2. The average Bonchev–Trinajstić information content (AvgIpc) is 3.05. The summed E-state index contributed by atoms with van der Waals surface area (Å²) < 4.78 is 5.01. The maximum Gasteiger partial charge on any atom is 0.261 e. The van der Waals surface area contributed by atoms with Crippen LogP contribution in [-0.2, 0) is 12.3 Å². The molecule has 0 aliphatic heterocycles. The molecule has 2 heterocycles. The van der Waals surface area contributed by atoms with Crippen LogP contribution < -0.4 is 5.32 Å². The van der Waals surface area contributed by atoms with E-state index >= 15 is 0 Å². The smallest absolute Gasteiger partial charge is 0.261 e. The van der Waals surface area contributed by atoms with Gasteiger partial charge in [0.2, 0.25) is 5.89 Å². The van der Waals surface area contributed by atoms with Gasteiger partial charge < -0.3 is 9.84 Å². The van der Waals surface area contributed by atoms with Crippen LogP contribution in [0.15, 0.2) is 16.7 Å². The van der Waals surface area contributed by atoms with Crippen molar-refractivity contribution < 1.29 is 14.1 Å². The van der Waals surface area contributed by atoms with Gasteiger partial charge in [-0.2, -0.15) is 16.7 Å². The number of ketones is 1. The highest BCUT2D eigenvalue weighted by molar-refractivity contribution is 7.97. The third-order valence-corrected chi connectivity index (χ3v) is 4.09. The second-order valence-corrected chi connectivity index (χ2v) is 5.89. The van der Waals surface area contributed by atoms with Gasteiger partial charge in [-0.05, 0) is 25.3 Å². The molecule has 2 aromatic rings. The van der Waals surface area contributed by atoms with Crippen LogP contribution in [0.2, 0.25) is 0 Å². The second kappa shape index (κ2) is 6.67. The number of nitrogens with zero attached hydrogens (tertiary/aromatic N) is 2. The Kier molecular flexibility index (Phi) is 4.91. The Morgan fingerprint density at radius 2 is 2.15 bits per heavy atom. The Balaban J connectivity index is 1.92. The normalized spacial score (nSPS) is 10.5. The van der Waals surface area contributed by atoms with Crippen molar-refractivity contribution in [2.75, 3.05) is 6.26 Å². The van der Waals surface area contributed by atoms with E-state index in [1.165, 1.54) is 18.3 Å². The van der Waals surface area contributed by atoms with Gasteiger partial charge >= 0.3 is 0 Å². The van der Waals surface area contributed by atoms with Gasteiger partial charge in [-0.25, -0.2) is 0 Å². The minimum atomic E-state index is -0.257. The lowest BCUT2D eigenvalue weighted by molar-refractivity contribution is 0.0949. The van der Waals surface area contributed by atoms with E-state index < -0.39 is 0 Å². The largest absolute Gasteiger partial charge is 0.342 e. The SMILES string of the molecule is CSCc1noc(CNC(=O)c2ccc(C(C)=O)s2)n1. The minimum absolute atomic E-state index is 0.0485. The van der Waals surface area contributed by atoms with E-state index in [1.54, 1.807) is 23.9 Å². The van der Waals surface area contributed by atoms with E-state index in [2.05, 4.69) is 15.5 Å². The molecule has 0 saturated carbocycles. The van der Waals surface area contributed by atoms with Crippen LogP contribution in [0.25, 0.3) is 0 Å². The molecule has 0 spiro atoms. The Labute approximate surface area is 123 Å². The van der Waals surface area contributed by atoms with E-state index in [-0.39, 0.29) is 18.2 Å². The highest BCUT2D eigenvalue weighted by Gasteiger charge is 2.13. The van der Waals surface area contributed by atoms with Crippen LogP contribution in [0.5, 0.6) is 0 Å². The molecule has 2 aromatic heterocycles. The first-order valence-electron chi connectivity index (χ1n) is 5.79. The zero-order chi connectivity index (χ0) is 14.5. The van der Waals surface area contributed by atoms with Gasteiger partial charge in [0.15, 0.2) is 11.6 Å². The van der Waals surface area contributed by atoms with Crippen molar-refractivity contribution in [1.82, 2.24) is 15.5 Å². The topological polar surface area (TPSA) is 85.1 Å². The molecule has 0 atom stereocenters. The van der Waals surface area contributed by atoms with Gasteiger partial charge in [0.25, 0.3) is 5.91 Å². The predicted octanol–water partition coefficient (Wildman–Crippen LogP) is 2.13. The quantitative estimate of drug-likeness (QED) is 0.823. The lowest BCUT2D eigenvalue weighted by Crippen LogP contribution is -2.21. The molecule has 1 N–H and O–H groups in total. The lowest BCUT2D eigenvalue weighted by atomic mass is 10.3. The highest BCUT2D eigenvalue weighted by Crippen LogP contribution is 2.16. The third kappa shape index (κ3) is 3.67. The molecule has 20 heavy (non-hydrogen) atoms. The van der Waals surface area contributed by atoms with Gasteiger partial charge in [0, 0.05) is 0 Å². The number of thiophene rings is 1. The third-order valence-electron chi connectivity index (χ3n) is 2.36. The molecular formula is C12H13N3O3S2. The van der Waals surface area contributed by atoms with Crippen molar-refractivity contribution in [2.45, 2.75) is 19.2 Å². The molecule has 0 radical (unpaired) electrons. The molecule has 8 heteroatoms. The number of aromatic nitrogens is 2. The summed E-state index contributed by atoms with van der Waals surface area (Å²) in [5.41, 5.74) is 0. The van der Waals surface area contributed by atoms with Crippen LogP contribution in [0.3, 0.4) is 0 Å². The number of amides is 1. The molecule has 6 nitrogen and oxygen atoms in total. The summed E-state index contributed by atoms with van der Waals surface area (Å²) in [5, 5.41) is 6.46. The first-order valence-corrected chi connectivity index (χ1v) is 8.00.